The van der Waals surface area contributed by atoms with Gasteiger partial charge in [-0.1, -0.05) is 24.1 Å². The summed E-state index contributed by atoms with van der Waals surface area (Å²) in [5.41, 5.74) is 6.51. The molecule has 1 aromatic heterocycles. The number of amidine groups is 1. The third-order valence-electron chi connectivity index (χ3n) is 3.88. The zero-order valence-electron chi connectivity index (χ0n) is 12.1. The van der Waals surface area contributed by atoms with Gasteiger partial charge in [0.15, 0.2) is 0 Å². The van der Waals surface area contributed by atoms with E-state index in [0.29, 0.717) is 19.5 Å². The van der Waals surface area contributed by atoms with Gasteiger partial charge < -0.3 is 15.8 Å². The van der Waals surface area contributed by atoms with Crippen molar-refractivity contribution >= 4 is 11.7 Å². The molecule has 0 saturated heterocycles. The van der Waals surface area contributed by atoms with Gasteiger partial charge >= 0.3 is 0 Å². The molecule has 0 bridgehead atoms. The maximum atomic E-state index is 12.6. The van der Waals surface area contributed by atoms with Gasteiger partial charge in [0.1, 0.15) is 5.84 Å². The highest BCUT2D eigenvalue weighted by Gasteiger charge is 2.27. The van der Waals surface area contributed by atoms with Crippen LogP contribution in [0.2, 0.25) is 0 Å². The lowest BCUT2D eigenvalue weighted by atomic mass is 10.1. The van der Waals surface area contributed by atoms with Crippen LogP contribution in [0.3, 0.4) is 0 Å². The minimum Gasteiger partial charge on any atom is -0.409 e. The Bertz CT molecular complexity index is 484. The van der Waals surface area contributed by atoms with E-state index in [1.807, 2.05) is 12.1 Å². The molecule has 1 fully saturated rings. The third kappa shape index (κ3) is 4.44. The first-order valence-electron chi connectivity index (χ1n) is 7.35. The summed E-state index contributed by atoms with van der Waals surface area (Å²) < 4.78 is 0. The lowest BCUT2D eigenvalue weighted by molar-refractivity contribution is -0.135. The molecular formula is C15H22N4O2. The van der Waals surface area contributed by atoms with Crippen molar-refractivity contribution in [2.75, 3.05) is 6.54 Å². The molecule has 6 nitrogen and oxygen atoms in total. The van der Waals surface area contributed by atoms with Crippen molar-refractivity contribution < 1.29 is 10.0 Å². The molecular weight excluding hydrogens is 268 g/mol. The number of oxime groups is 1. The summed E-state index contributed by atoms with van der Waals surface area (Å²) in [4.78, 5) is 18.5. The largest absolute Gasteiger partial charge is 0.409 e. The topological polar surface area (TPSA) is 91.8 Å². The molecule has 1 heterocycles. The molecule has 114 valence electrons. The van der Waals surface area contributed by atoms with Crippen molar-refractivity contribution in [1.29, 1.82) is 0 Å². The summed E-state index contributed by atoms with van der Waals surface area (Å²) in [5.74, 6) is 0.432. The highest BCUT2D eigenvalue weighted by atomic mass is 16.4. The monoisotopic (exact) mass is 290 g/mol. The van der Waals surface area contributed by atoms with Gasteiger partial charge in [0, 0.05) is 37.8 Å². The number of hydrogen-bond donors (Lipinski definition) is 2. The fourth-order valence-electron chi connectivity index (χ4n) is 2.71. The molecule has 0 aliphatic heterocycles. The van der Waals surface area contributed by atoms with Gasteiger partial charge in [0.2, 0.25) is 5.91 Å². The molecule has 1 saturated carbocycles. The molecule has 21 heavy (non-hydrogen) atoms. The van der Waals surface area contributed by atoms with Gasteiger partial charge in [0.05, 0.1) is 0 Å². The number of hydrogen-bond acceptors (Lipinski definition) is 4. The molecule has 0 radical (unpaired) electrons. The molecule has 1 aliphatic rings. The standard InChI is InChI=1S/C15H22N4O2/c16-14(18-21)7-9-19(11-12-4-3-8-17-10-12)15(20)13-5-1-2-6-13/h3-4,8,10,13,21H,1-2,5-7,9,11H2,(H2,16,18). The predicted octanol–water partition coefficient (Wildman–Crippen LogP) is 1.74. The molecule has 0 unspecified atom stereocenters. The van der Waals surface area contributed by atoms with Crippen LogP contribution in [-0.2, 0) is 11.3 Å². The predicted molar refractivity (Wildman–Crippen MR) is 79.6 cm³/mol. The maximum Gasteiger partial charge on any atom is 0.225 e. The van der Waals surface area contributed by atoms with Crippen molar-refractivity contribution in [3.8, 4) is 0 Å². The second-order valence-corrected chi connectivity index (χ2v) is 5.44. The van der Waals surface area contributed by atoms with E-state index in [4.69, 9.17) is 10.9 Å². The van der Waals surface area contributed by atoms with E-state index in [-0.39, 0.29) is 17.7 Å². The highest BCUT2D eigenvalue weighted by molar-refractivity contribution is 5.82. The Labute approximate surface area is 124 Å². The van der Waals surface area contributed by atoms with E-state index in [1.54, 1.807) is 17.3 Å². The summed E-state index contributed by atoms with van der Waals surface area (Å²) in [6, 6.07) is 3.81. The summed E-state index contributed by atoms with van der Waals surface area (Å²) in [6.07, 6.45) is 8.02. The fourth-order valence-corrected chi connectivity index (χ4v) is 2.71. The SMILES string of the molecule is N/C(CCN(Cc1cccnc1)C(=O)C1CCCC1)=N/O. The van der Waals surface area contributed by atoms with E-state index in [0.717, 1.165) is 31.2 Å². The van der Waals surface area contributed by atoms with Crippen molar-refractivity contribution in [3.05, 3.63) is 30.1 Å². The van der Waals surface area contributed by atoms with Crippen LogP contribution in [0.1, 0.15) is 37.7 Å². The zero-order chi connectivity index (χ0) is 15.1. The molecule has 1 aliphatic carbocycles. The summed E-state index contributed by atoms with van der Waals surface area (Å²) >= 11 is 0. The van der Waals surface area contributed by atoms with Crippen LogP contribution < -0.4 is 5.73 Å². The van der Waals surface area contributed by atoms with E-state index in [2.05, 4.69) is 10.1 Å². The van der Waals surface area contributed by atoms with Crippen LogP contribution in [0.25, 0.3) is 0 Å². The van der Waals surface area contributed by atoms with E-state index >= 15 is 0 Å². The second kappa shape index (κ2) is 7.61. The smallest absolute Gasteiger partial charge is 0.225 e. The fraction of sp³-hybridized carbons (Fsp3) is 0.533. The number of rotatable bonds is 6. The first-order valence-corrected chi connectivity index (χ1v) is 7.35. The van der Waals surface area contributed by atoms with E-state index < -0.39 is 0 Å². The van der Waals surface area contributed by atoms with Gasteiger partial charge in [-0.3, -0.25) is 9.78 Å². The number of nitrogens with zero attached hydrogens (tertiary/aromatic N) is 3. The minimum absolute atomic E-state index is 0.119. The van der Waals surface area contributed by atoms with Gasteiger partial charge in [0.25, 0.3) is 0 Å². The number of aromatic nitrogens is 1. The van der Waals surface area contributed by atoms with Crippen molar-refractivity contribution in [1.82, 2.24) is 9.88 Å². The summed E-state index contributed by atoms with van der Waals surface area (Å²) in [6.45, 7) is 0.974. The van der Waals surface area contributed by atoms with Crippen LogP contribution in [0.15, 0.2) is 29.7 Å². The number of amides is 1. The molecule has 1 amide bonds. The van der Waals surface area contributed by atoms with Crippen LogP contribution in [0.5, 0.6) is 0 Å². The Morgan fingerprint density at radius 1 is 1.48 bits per heavy atom. The van der Waals surface area contributed by atoms with Crippen molar-refractivity contribution in [2.45, 2.75) is 38.6 Å². The number of pyridine rings is 1. The van der Waals surface area contributed by atoms with Crippen LogP contribution in [-0.4, -0.2) is 33.4 Å². The Morgan fingerprint density at radius 3 is 2.86 bits per heavy atom. The molecule has 6 heteroatoms. The quantitative estimate of drug-likeness (QED) is 0.361. The molecule has 0 spiro atoms. The normalized spacial score (nSPS) is 16.1. The summed E-state index contributed by atoms with van der Waals surface area (Å²) in [7, 11) is 0. The average molecular weight is 290 g/mol. The maximum absolute atomic E-state index is 12.6. The molecule has 0 atom stereocenters. The van der Waals surface area contributed by atoms with Gasteiger partial charge in [-0.25, -0.2) is 0 Å². The van der Waals surface area contributed by atoms with Gasteiger partial charge in [-0.2, -0.15) is 0 Å². The van der Waals surface area contributed by atoms with Crippen molar-refractivity contribution in [2.24, 2.45) is 16.8 Å². The number of carbonyl (C=O) groups is 1. The molecule has 0 aromatic carbocycles. The first-order chi connectivity index (χ1) is 10.2. The van der Waals surface area contributed by atoms with Crippen LogP contribution in [0, 0.1) is 5.92 Å². The molecule has 1 aromatic rings. The minimum atomic E-state index is 0.119. The zero-order valence-corrected chi connectivity index (χ0v) is 12.1. The lowest BCUT2D eigenvalue weighted by Crippen LogP contribution is -2.37. The number of nitrogens with two attached hydrogens (primary N) is 1. The Hall–Kier alpha value is -2.11. The highest BCUT2D eigenvalue weighted by Crippen LogP contribution is 2.27. The number of carbonyl (C=O) groups excluding carboxylic acids is 1. The van der Waals surface area contributed by atoms with Gasteiger partial charge in [-0.05, 0) is 24.5 Å². The van der Waals surface area contributed by atoms with E-state index in [1.165, 1.54) is 0 Å². The van der Waals surface area contributed by atoms with Crippen LogP contribution >= 0.6 is 0 Å². The second-order valence-electron chi connectivity index (χ2n) is 5.44. The molecule has 3 N–H and O–H groups in total. The first kappa shape index (κ1) is 15.3. The summed E-state index contributed by atoms with van der Waals surface area (Å²) in [5, 5.41) is 11.6. The van der Waals surface area contributed by atoms with Gasteiger partial charge in [-0.15, -0.1) is 0 Å². The van der Waals surface area contributed by atoms with Crippen molar-refractivity contribution in [3.63, 3.8) is 0 Å². The lowest BCUT2D eigenvalue weighted by Gasteiger charge is -2.25. The Kier molecular flexibility index (Phi) is 5.54. The van der Waals surface area contributed by atoms with E-state index in [9.17, 15) is 4.79 Å². The third-order valence-corrected chi connectivity index (χ3v) is 3.88. The molecule has 2 rings (SSSR count). The van der Waals surface area contributed by atoms with Crippen LogP contribution in [0.4, 0.5) is 0 Å². The average Bonchev–Trinajstić information content (AvgIpc) is 3.05. The Morgan fingerprint density at radius 2 is 2.24 bits per heavy atom. The Balaban J connectivity index is 2.03.